The van der Waals surface area contributed by atoms with Crippen LogP contribution in [0.4, 0.5) is 5.69 Å². The van der Waals surface area contributed by atoms with E-state index in [-0.39, 0.29) is 24.1 Å². The largest absolute Gasteiger partial charge is 0.481 e. The molecular formula is C20H22N2O5. The fourth-order valence-corrected chi connectivity index (χ4v) is 5.53. The van der Waals surface area contributed by atoms with Crippen LogP contribution in [0.1, 0.15) is 18.4 Å². The lowest BCUT2D eigenvalue weighted by Crippen LogP contribution is -2.48. The summed E-state index contributed by atoms with van der Waals surface area (Å²) < 4.78 is 0. The number of aryl methyl sites for hydroxylation is 1. The highest BCUT2D eigenvalue weighted by atomic mass is 16.4. The molecule has 3 fully saturated rings. The zero-order chi connectivity index (χ0) is 19.5. The predicted molar refractivity (Wildman–Crippen MR) is 95.5 cm³/mol. The van der Waals surface area contributed by atoms with Gasteiger partial charge in [0.2, 0.25) is 17.7 Å². The smallest absolute Gasteiger partial charge is 0.306 e. The number of amides is 3. The first-order valence-electron chi connectivity index (χ1n) is 9.24. The number of benzene rings is 1. The van der Waals surface area contributed by atoms with Crippen LogP contribution in [0.15, 0.2) is 24.3 Å². The first-order chi connectivity index (χ1) is 12.8. The molecule has 7 nitrogen and oxygen atoms in total. The average Bonchev–Trinajstić information content (AvgIpc) is 3.17. The van der Waals surface area contributed by atoms with E-state index in [1.807, 2.05) is 13.0 Å². The maximum Gasteiger partial charge on any atom is 0.306 e. The molecule has 1 aromatic carbocycles. The number of carbonyl (C=O) groups excluding carboxylic acids is 3. The maximum atomic E-state index is 13.2. The number of imide groups is 1. The quantitative estimate of drug-likeness (QED) is 0.778. The van der Waals surface area contributed by atoms with Crippen LogP contribution in [0, 0.1) is 42.4 Å². The summed E-state index contributed by atoms with van der Waals surface area (Å²) in [6, 6.07) is 7.17. The minimum absolute atomic E-state index is 0.183. The molecule has 1 heterocycles. The minimum atomic E-state index is -0.994. The standard InChI is InChI=1S/C20H22N2O5/c1-9-4-3-5-10(6-9)22-18(24)12-8-13(19(22)25)16-14(20(26)27)7-11(15(12)16)17(23)21-2/h3-6,11-16H,7-8H2,1-2H3,(H,21,23)(H,26,27). The summed E-state index contributed by atoms with van der Waals surface area (Å²) in [5.74, 6) is -5.11. The van der Waals surface area contributed by atoms with E-state index in [0.29, 0.717) is 12.1 Å². The molecule has 2 N–H and O–H groups in total. The van der Waals surface area contributed by atoms with Gasteiger partial charge in [-0.05, 0) is 49.3 Å². The van der Waals surface area contributed by atoms with Crippen LogP contribution in [-0.2, 0) is 19.2 Å². The van der Waals surface area contributed by atoms with Crippen molar-refractivity contribution in [3.05, 3.63) is 29.8 Å². The topological polar surface area (TPSA) is 104 Å². The third kappa shape index (κ3) is 2.48. The number of carboxylic acids is 1. The molecule has 2 saturated carbocycles. The van der Waals surface area contributed by atoms with Gasteiger partial charge in [0.1, 0.15) is 0 Å². The van der Waals surface area contributed by atoms with E-state index in [1.165, 1.54) is 11.9 Å². The van der Waals surface area contributed by atoms with Crippen LogP contribution in [0.5, 0.6) is 0 Å². The lowest BCUT2D eigenvalue weighted by molar-refractivity contribution is -0.144. The molecule has 3 aliphatic rings. The summed E-state index contributed by atoms with van der Waals surface area (Å²) in [5, 5.41) is 12.3. The van der Waals surface area contributed by atoms with Gasteiger partial charge in [0, 0.05) is 24.8 Å². The highest BCUT2D eigenvalue weighted by molar-refractivity contribution is 6.19. The Morgan fingerprint density at radius 3 is 2.26 bits per heavy atom. The number of carbonyl (C=O) groups is 4. The number of anilines is 1. The lowest BCUT2D eigenvalue weighted by atomic mass is 9.82. The Hall–Kier alpha value is -2.70. The number of piperidine rings is 1. The molecule has 6 unspecified atom stereocenters. The van der Waals surface area contributed by atoms with Crippen LogP contribution >= 0.6 is 0 Å². The van der Waals surface area contributed by atoms with E-state index in [2.05, 4.69) is 5.32 Å². The van der Waals surface area contributed by atoms with E-state index in [9.17, 15) is 24.3 Å². The number of carboxylic acid groups (broad SMARTS) is 1. The van der Waals surface area contributed by atoms with Crippen LogP contribution < -0.4 is 10.2 Å². The average molecular weight is 370 g/mol. The van der Waals surface area contributed by atoms with Gasteiger partial charge in [0.15, 0.2) is 0 Å². The van der Waals surface area contributed by atoms with Gasteiger partial charge in [-0.15, -0.1) is 0 Å². The molecule has 4 rings (SSSR count). The first kappa shape index (κ1) is 17.7. The van der Waals surface area contributed by atoms with Gasteiger partial charge in [-0.3, -0.25) is 24.1 Å². The summed E-state index contributed by atoms with van der Waals surface area (Å²) in [4.78, 5) is 51.8. The van der Waals surface area contributed by atoms with Crippen molar-refractivity contribution in [1.82, 2.24) is 5.32 Å². The van der Waals surface area contributed by atoms with Gasteiger partial charge in [0.05, 0.1) is 11.6 Å². The van der Waals surface area contributed by atoms with Gasteiger partial charge >= 0.3 is 5.97 Å². The highest BCUT2D eigenvalue weighted by Gasteiger charge is 2.65. The molecule has 7 heteroatoms. The molecule has 2 aliphatic carbocycles. The Morgan fingerprint density at radius 2 is 1.70 bits per heavy atom. The number of rotatable bonds is 3. The molecule has 6 atom stereocenters. The van der Waals surface area contributed by atoms with Crippen molar-refractivity contribution in [2.24, 2.45) is 35.5 Å². The van der Waals surface area contributed by atoms with Gasteiger partial charge in [-0.1, -0.05) is 12.1 Å². The second kappa shape index (κ2) is 6.18. The van der Waals surface area contributed by atoms with E-state index < -0.39 is 41.5 Å². The van der Waals surface area contributed by atoms with Crippen molar-refractivity contribution >= 4 is 29.4 Å². The molecule has 27 heavy (non-hydrogen) atoms. The molecule has 142 valence electrons. The Morgan fingerprint density at radius 1 is 1.07 bits per heavy atom. The lowest BCUT2D eigenvalue weighted by Gasteiger charge is -2.32. The monoisotopic (exact) mass is 370 g/mol. The van der Waals surface area contributed by atoms with Crippen molar-refractivity contribution in [3.8, 4) is 0 Å². The predicted octanol–water partition coefficient (Wildman–Crippen LogP) is 1.20. The Labute approximate surface area is 156 Å². The Bertz CT molecular complexity index is 851. The van der Waals surface area contributed by atoms with E-state index in [0.717, 1.165) is 5.56 Å². The van der Waals surface area contributed by atoms with Crippen molar-refractivity contribution in [2.45, 2.75) is 19.8 Å². The fourth-order valence-electron chi connectivity index (χ4n) is 5.53. The second-order valence-corrected chi connectivity index (χ2v) is 7.86. The Kier molecular flexibility index (Phi) is 4.05. The summed E-state index contributed by atoms with van der Waals surface area (Å²) in [7, 11) is 1.51. The summed E-state index contributed by atoms with van der Waals surface area (Å²) in [5.41, 5.74) is 1.45. The molecule has 0 aromatic heterocycles. The van der Waals surface area contributed by atoms with Crippen LogP contribution in [0.3, 0.4) is 0 Å². The van der Waals surface area contributed by atoms with E-state index in [1.54, 1.807) is 18.2 Å². The third-order valence-electron chi connectivity index (χ3n) is 6.55. The SMILES string of the molecule is CNC(=O)C1CC(C(=O)O)C2C3CC(C(=O)N(c4cccc(C)c4)C3=O)C12. The summed E-state index contributed by atoms with van der Waals surface area (Å²) in [6.45, 7) is 1.88. The third-order valence-corrected chi connectivity index (χ3v) is 6.55. The van der Waals surface area contributed by atoms with Crippen LogP contribution in [0.25, 0.3) is 0 Å². The molecule has 0 spiro atoms. The van der Waals surface area contributed by atoms with Gasteiger partial charge < -0.3 is 10.4 Å². The summed E-state index contributed by atoms with van der Waals surface area (Å²) in [6.07, 6.45) is 0.523. The van der Waals surface area contributed by atoms with Gasteiger partial charge in [0.25, 0.3) is 0 Å². The maximum absolute atomic E-state index is 13.2. The Balaban J connectivity index is 1.77. The zero-order valence-electron chi connectivity index (χ0n) is 15.2. The normalized spacial score (nSPS) is 34.5. The molecule has 3 amide bonds. The molecular weight excluding hydrogens is 348 g/mol. The molecule has 1 aromatic rings. The fraction of sp³-hybridized carbons (Fsp3) is 0.500. The van der Waals surface area contributed by atoms with Crippen molar-refractivity contribution in [2.75, 3.05) is 11.9 Å². The molecule has 0 radical (unpaired) electrons. The number of hydrogen-bond acceptors (Lipinski definition) is 4. The molecule has 1 aliphatic heterocycles. The molecule has 2 bridgehead atoms. The second-order valence-electron chi connectivity index (χ2n) is 7.86. The van der Waals surface area contributed by atoms with Crippen molar-refractivity contribution in [1.29, 1.82) is 0 Å². The van der Waals surface area contributed by atoms with Crippen molar-refractivity contribution < 1.29 is 24.3 Å². The van der Waals surface area contributed by atoms with Crippen LogP contribution in [-0.4, -0.2) is 35.8 Å². The van der Waals surface area contributed by atoms with Gasteiger partial charge in [-0.25, -0.2) is 0 Å². The first-order valence-corrected chi connectivity index (χ1v) is 9.24. The number of nitrogens with one attached hydrogen (secondary N) is 1. The number of aliphatic carboxylic acids is 1. The van der Waals surface area contributed by atoms with E-state index in [4.69, 9.17) is 0 Å². The van der Waals surface area contributed by atoms with Crippen molar-refractivity contribution in [3.63, 3.8) is 0 Å². The van der Waals surface area contributed by atoms with E-state index >= 15 is 0 Å². The highest BCUT2D eigenvalue weighted by Crippen LogP contribution is 2.59. The number of nitrogens with zero attached hydrogens (tertiary/aromatic N) is 1. The van der Waals surface area contributed by atoms with Gasteiger partial charge in [-0.2, -0.15) is 0 Å². The number of fused-ring (bicyclic) bond motifs is 5. The molecule has 1 saturated heterocycles. The number of hydrogen-bond donors (Lipinski definition) is 2. The minimum Gasteiger partial charge on any atom is -0.481 e. The zero-order valence-corrected chi connectivity index (χ0v) is 15.2. The summed E-state index contributed by atoms with van der Waals surface area (Å²) >= 11 is 0. The van der Waals surface area contributed by atoms with Crippen LogP contribution in [0.2, 0.25) is 0 Å².